The smallest absolute Gasteiger partial charge is 0.282 e. The number of amidine groups is 1. The lowest BCUT2D eigenvalue weighted by atomic mass is 9.97. The van der Waals surface area contributed by atoms with Crippen molar-refractivity contribution >= 4 is 17.7 Å². The van der Waals surface area contributed by atoms with E-state index in [-0.39, 0.29) is 6.04 Å². The van der Waals surface area contributed by atoms with Crippen LogP contribution < -0.4 is 11.1 Å². The Balaban J connectivity index is 1.54. The summed E-state index contributed by atoms with van der Waals surface area (Å²) in [6, 6.07) is 8.82. The van der Waals surface area contributed by atoms with Crippen molar-refractivity contribution in [2.75, 3.05) is 11.9 Å². The second kappa shape index (κ2) is 8.65. The summed E-state index contributed by atoms with van der Waals surface area (Å²) >= 11 is 0. The highest BCUT2D eigenvalue weighted by molar-refractivity contribution is 5.73. The lowest BCUT2D eigenvalue weighted by Gasteiger charge is -2.12. The van der Waals surface area contributed by atoms with Gasteiger partial charge in [0.05, 0.1) is 6.04 Å². The number of nitrogens with zero attached hydrogens (tertiary/aromatic N) is 3. The number of nitrogens with two attached hydrogens (primary N) is 1. The number of hydrogen-bond acceptors (Lipinski definition) is 6. The molecule has 1 aromatic heterocycles. The number of ether oxygens (including phenoxy) is 1. The second-order valence-corrected chi connectivity index (χ2v) is 6.65. The number of rotatable bonds is 8. The van der Waals surface area contributed by atoms with Gasteiger partial charge in [-0.25, -0.2) is 15.0 Å². The molecule has 1 atom stereocenters. The first-order chi connectivity index (χ1) is 12.7. The van der Waals surface area contributed by atoms with Crippen molar-refractivity contribution in [2.24, 2.45) is 10.7 Å². The van der Waals surface area contributed by atoms with Gasteiger partial charge in [-0.3, -0.25) is 0 Å². The zero-order valence-electron chi connectivity index (χ0n) is 15.5. The zero-order valence-corrected chi connectivity index (χ0v) is 15.5. The molecule has 0 saturated heterocycles. The van der Waals surface area contributed by atoms with Crippen molar-refractivity contribution in [1.82, 2.24) is 9.97 Å². The molecule has 1 aromatic carbocycles. The summed E-state index contributed by atoms with van der Waals surface area (Å²) in [5.74, 6) is 1.16. The molecule has 0 amide bonds. The highest BCUT2D eigenvalue weighted by atomic mass is 16.5. The fraction of sp³-hybridized carbons (Fsp3) is 0.450. The van der Waals surface area contributed by atoms with Crippen LogP contribution in [0.25, 0.3) is 0 Å². The van der Waals surface area contributed by atoms with Gasteiger partial charge in [-0.15, -0.1) is 0 Å². The van der Waals surface area contributed by atoms with E-state index in [1.807, 2.05) is 12.4 Å². The number of benzene rings is 1. The molecule has 0 aliphatic carbocycles. The molecule has 0 saturated carbocycles. The molecule has 6 heteroatoms. The summed E-state index contributed by atoms with van der Waals surface area (Å²) in [6.07, 6.45) is 7.96. The van der Waals surface area contributed by atoms with E-state index in [1.54, 1.807) is 0 Å². The molecule has 0 radical (unpaired) electrons. The van der Waals surface area contributed by atoms with Gasteiger partial charge < -0.3 is 15.8 Å². The summed E-state index contributed by atoms with van der Waals surface area (Å²) in [5.41, 5.74) is 8.99. The number of aryl methyl sites for hydroxylation is 1. The minimum absolute atomic E-state index is 0.176. The van der Waals surface area contributed by atoms with Crippen LogP contribution in [0, 0.1) is 0 Å². The second-order valence-electron chi connectivity index (χ2n) is 6.65. The van der Waals surface area contributed by atoms with Gasteiger partial charge >= 0.3 is 0 Å². The third kappa shape index (κ3) is 4.71. The van der Waals surface area contributed by atoms with Crippen molar-refractivity contribution in [3.63, 3.8) is 0 Å². The highest BCUT2D eigenvalue weighted by Crippen LogP contribution is 2.22. The van der Waals surface area contributed by atoms with E-state index in [9.17, 15) is 0 Å². The first kappa shape index (κ1) is 18.2. The molecule has 1 aliphatic heterocycles. The Kier molecular flexibility index (Phi) is 6.04. The molecular weight excluding hydrogens is 326 g/mol. The molecule has 6 nitrogen and oxygen atoms in total. The molecule has 3 N–H and O–H groups in total. The third-order valence-electron chi connectivity index (χ3n) is 4.84. The Labute approximate surface area is 154 Å². The van der Waals surface area contributed by atoms with Crippen LogP contribution in [0.3, 0.4) is 0 Å². The van der Waals surface area contributed by atoms with Crippen LogP contribution in [-0.4, -0.2) is 28.6 Å². The summed E-state index contributed by atoms with van der Waals surface area (Å²) in [7, 11) is 0. The summed E-state index contributed by atoms with van der Waals surface area (Å²) in [4.78, 5) is 13.1. The van der Waals surface area contributed by atoms with Gasteiger partial charge in [0, 0.05) is 18.1 Å². The van der Waals surface area contributed by atoms with Crippen LogP contribution >= 0.6 is 0 Å². The third-order valence-corrected chi connectivity index (χ3v) is 4.84. The lowest BCUT2D eigenvalue weighted by Crippen LogP contribution is -2.10. The summed E-state index contributed by atoms with van der Waals surface area (Å²) in [5, 5.41) is 3.26. The van der Waals surface area contributed by atoms with Gasteiger partial charge in [0.25, 0.3) is 6.02 Å². The van der Waals surface area contributed by atoms with Crippen LogP contribution in [0.5, 0.6) is 0 Å². The van der Waals surface area contributed by atoms with Crippen LogP contribution in [0.15, 0.2) is 41.7 Å². The molecule has 0 spiro atoms. The summed E-state index contributed by atoms with van der Waals surface area (Å²) in [6.45, 7) is 4.99. The van der Waals surface area contributed by atoms with Crippen LogP contribution in [-0.2, 0) is 11.2 Å². The fourth-order valence-corrected chi connectivity index (χ4v) is 3.17. The van der Waals surface area contributed by atoms with Gasteiger partial charge in [-0.05, 0) is 54.9 Å². The van der Waals surface area contributed by atoms with Gasteiger partial charge in [0.15, 0.2) is 0 Å². The minimum atomic E-state index is 0.176. The Hall–Kier alpha value is -2.63. The van der Waals surface area contributed by atoms with E-state index in [0.29, 0.717) is 24.5 Å². The number of anilines is 2. The Morgan fingerprint density at radius 3 is 2.42 bits per heavy atom. The topological polar surface area (TPSA) is 85.4 Å². The largest absolute Gasteiger partial charge is 0.463 e. The Bertz CT molecular complexity index is 723. The normalized spacial score (nSPS) is 16.4. The SMILES string of the molecule is CCC(CC)c1cnc(Nc2ccc(CCC3COC(N)=N3)cc2)nc1. The van der Waals surface area contributed by atoms with Crippen molar-refractivity contribution in [2.45, 2.75) is 51.5 Å². The van der Waals surface area contributed by atoms with Gasteiger partial charge in [-0.1, -0.05) is 26.0 Å². The molecule has 2 aromatic rings. The first-order valence-corrected chi connectivity index (χ1v) is 9.32. The molecule has 1 aliphatic rings. The van der Waals surface area contributed by atoms with Gasteiger partial charge in [0.1, 0.15) is 6.61 Å². The lowest BCUT2D eigenvalue weighted by molar-refractivity contribution is 0.308. The van der Waals surface area contributed by atoms with Crippen LogP contribution in [0.1, 0.15) is 50.2 Å². The fourth-order valence-electron chi connectivity index (χ4n) is 3.17. The maximum absolute atomic E-state index is 5.54. The van der Waals surface area contributed by atoms with Crippen molar-refractivity contribution < 1.29 is 4.74 Å². The maximum Gasteiger partial charge on any atom is 0.282 e. The zero-order chi connectivity index (χ0) is 18.4. The van der Waals surface area contributed by atoms with E-state index in [0.717, 1.165) is 31.4 Å². The molecule has 0 fully saturated rings. The highest BCUT2D eigenvalue weighted by Gasteiger charge is 2.16. The average Bonchev–Trinajstić information content (AvgIpc) is 3.09. The van der Waals surface area contributed by atoms with Crippen LogP contribution in [0.2, 0.25) is 0 Å². The molecular formula is C20H27N5O. The summed E-state index contributed by atoms with van der Waals surface area (Å²) < 4.78 is 5.18. The van der Waals surface area contributed by atoms with Gasteiger partial charge in [-0.2, -0.15) is 0 Å². The standard InChI is InChI=1S/C20H27N5O/c1-3-15(4-2)16-11-22-20(23-12-16)25-17-8-5-14(6-9-17)7-10-18-13-26-19(21)24-18/h5-6,8-9,11-12,15,18H,3-4,7,10,13H2,1-2H3,(H2,21,24)(H,22,23,25). The average molecular weight is 353 g/mol. The number of aromatic nitrogens is 2. The number of aliphatic imine (C=N–C) groups is 1. The van der Waals surface area contributed by atoms with Crippen LogP contribution in [0.4, 0.5) is 11.6 Å². The quantitative estimate of drug-likeness (QED) is 0.754. The molecule has 26 heavy (non-hydrogen) atoms. The first-order valence-electron chi connectivity index (χ1n) is 9.32. The van der Waals surface area contributed by atoms with E-state index >= 15 is 0 Å². The molecule has 2 heterocycles. The van der Waals surface area contributed by atoms with E-state index in [2.05, 4.69) is 58.4 Å². The minimum Gasteiger partial charge on any atom is -0.463 e. The monoisotopic (exact) mass is 353 g/mol. The Morgan fingerprint density at radius 2 is 1.85 bits per heavy atom. The van der Waals surface area contributed by atoms with Gasteiger partial charge in [0.2, 0.25) is 5.95 Å². The van der Waals surface area contributed by atoms with Crippen molar-refractivity contribution in [3.8, 4) is 0 Å². The van der Waals surface area contributed by atoms with E-state index in [4.69, 9.17) is 10.5 Å². The molecule has 1 unspecified atom stereocenters. The molecule has 0 bridgehead atoms. The predicted molar refractivity (Wildman–Crippen MR) is 105 cm³/mol. The maximum atomic E-state index is 5.54. The van der Waals surface area contributed by atoms with E-state index < -0.39 is 0 Å². The van der Waals surface area contributed by atoms with Crippen molar-refractivity contribution in [3.05, 3.63) is 47.8 Å². The number of hydrogen-bond donors (Lipinski definition) is 2. The van der Waals surface area contributed by atoms with E-state index in [1.165, 1.54) is 11.1 Å². The predicted octanol–water partition coefficient (Wildman–Crippen LogP) is 3.77. The van der Waals surface area contributed by atoms with Crippen molar-refractivity contribution in [1.29, 1.82) is 0 Å². The molecule has 3 rings (SSSR count). The Morgan fingerprint density at radius 1 is 1.15 bits per heavy atom. The molecule has 138 valence electrons. The number of nitrogens with one attached hydrogen (secondary N) is 1.